The van der Waals surface area contributed by atoms with Crippen LogP contribution >= 0.6 is 22.9 Å². The largest absolute Gasteiger partial charge is 0.443 e. The minimum absolute atomic E-state index is 0.00349. The van der Waals surface area contributed by atoms with Gasteiger partial charge in [0.05, 0.1) is 5.69 Å². The van der Waals surface area contributed by atoms with Gasteiger partial charge in [0, 0.05) is 27.2 Å². The van der Waals surface area contributed by atoms with E-state index in [9.17, 15) is 19.2 Å². The lowest BCUT2D eigenvalue weighted by Crippen LogP contribution is -2.44. The lowest BCUT2D eigenvalue weighted by atomic mass is 10.1. The van der Waals surface area contributed by atoms with Gasteiger partial charge >= 0.3 is 12.2 Å². The molecule has 0 atom stereocenters. The molecule has 0 saturated heterocycles. The molecule has 1 heterocycles. The molecule has 43 heavy (non-hydrogen) atoms. The zero-order chi connectivity index (χ0) is 31.7. The molecule has 1 aromatic heterocycles. The molecule has 11 heteroatoms. The van der Waals surface area contributed by atoms with Crippen molar-refractivity contribution >= 4 is 58.3 Å². The fourth-order valence-electron chi connectivity index (χ4n) is 3.93. The van der Waals surface area contributed by atoms with Crippen LogP contribution in [-0.4, -0.2) is 41.2 Å². The van der Waals surface area contributed by atoms with E-state index in [0.717, 1.165) is 40.2 Å². The molecule has 228 valence electrons. The number of thiophene rings is 1. The molecule has 2 N–H and O–H groups in total. The number of rotatable bonds is 6. The minimum atomic E-state index is -0.994. The van der Waals surface area contributed by atoms with E-state index in [2.05, 4.69) is 10.6 Å². The van der Waals surface area contributed by atoms with Crippen LogP contribution in [0.3, 0.4) is 0 Å². The molecule has 4 amide bonds. The average Bonchev–Trinajstić information content (AvgIpc) is 3.59. The molecule has 1 aliphatic rings. The number of nitrogens with one attached hydrogen (secondary N) is 2. The SMILES string of the molecule is Cc1ccc(C(=O)NC2CC2)cc1NC(=O)c1sc(-c2ccc(Cl)cc2)cc1N(C(=O)OC(C)(C)C)C(=O)OC(C)(C)C. The van der Waals surface area contributed by atoms with Crippen LogP contribution in [-0.2, 0) is 9.47 Å². The molecule has 2 aromatic carbocycles. The van der Waals surface area contributed by atoms with Crippen LogP contribution in [0.15, 0.2) is 48.5 Å². The Morgan fingerprint density at radius 1 is 0.860 bits per heavy atom. The lowest BCUT2D eigenvalue weighted by Gasteiger charge is -2.28. The summed E-state index contributed by atoms with van der Waals surface area (Å²) in [6.45, 7) is 11.9. The van der Waals surface area contributed by atoms with Gasteiger partial charge in [0.15, 0.2) is 0 Å². The maximum absolute atomic E-state index is 13.9. The summed E-state index contributed by atoms with van der Waals surface area (Å²) in [6.07, 6.45) is -0.0915. The fraction of sp³-hybridized carbons (Fsp3) is 0.375. The number of amides is 4. The van der Waals surface area contributed by atoms with E-state index in [1.54, 1.807) is 97.0 Å². The van der Waals surface area contributed by atoms with Crippen LogP contribution in [0.4, 0.5) is 21.0 Å². The Labute approximate surface area is 260 Å². The van der Waals surface area contributed by atoms with Crippen LogP contribution in [0.2, 0.25) is 5.02 Å². The first-order valence-electron chi connectivity index (χ1n) is 13.9. The van der Waals surface area contributed by atoms with Crippen molar-refractivity contribution in [2.45, 2.75) is 78.6 Å². The number of benzene rings is 2. The van der Waals surface area contributed by atoms with Crippen LogP contribution in [0.5, 0.6) is 0 Å². The number of hydrogen-bond acceptors (Lipinski definition) is 7. The molecule has 9 nitrogen and oxygen atoms in total. The summed E-state index contributed by atoms with van der Waals surface area (Å²) in [5, 5.41) is 6.35. The molecule has 0 bridgehead atoms. The first-order valence-corrected chi connectivity index (χ1v) is 15.1. The maximum atomic E-state index is 13.9. The summed E-state index contributed by atoms with van der Waals surface area (Å²) in [5.41, 5.74) is 0.394. The van der Waals surface area contributed by atoms with Gasteiger partial charge in [-0.05, 0) is 103 Å². The molecule has 4 rings (SSSR count). The number of nitrogens with zero attached hydrogens (tertiary/aromatic N) is 1. The molecular weight excluding hydrogens is 590 g/mol. The number of ether oxygens (including phenoxy) is 2. The van der Waals surface area contributed by atoms with Crippen LogP contribution in [0.1, 0.15) is 80.0 Å². The van der Waals surface area contributed by atoms with E-state index in [4.69, 9.17) is 21.1 Å². The molecule has 0 radical (unpaired) electrons. The number of anilines is 2. The van der Waals surface area contributed by atoms with Crippen molar-refractivity contribution in [3.8, 4) is 10.4 Å². The predicted octanol–water partition coefficient (Wildman–Crippen LogP) is 8.20. The first kappa shape index (κ1) is 32.0. The van der Waals surface area contributed by atoms with Gasteiger partial charge in [0.1, 0.15) is 16.1 Å². The summed E-state index contributed by atoms with van der Waals surface area (Å²) in [4.78, 5) is 55.0. The summed E-state index contributed by atoms with van der Waals surface area (Å²) in [6, 6.07) is 13.8. The Morgan fingerprint density at radius 2 is 1.44 bits per heavy atom. The van der Waals surface area contributed by atoms with Gasteiger partial charge < -0.3 is 20.1 Å². The van der Waals surface area contributed by atoms with E-state index < -0.39 is 29.3 Å². The molecule has 0 aliphatic heterocycles. The second-order valence-corrected chi connectivity index (χ2v) is 13.8. The highest BCUT2D eigenvalue weighted by molar-refractivity contribution is 7.18. The molecule has 1 aliphatic carbocycles. The van der Waals surface area contributed by atoms with Gasteiger partial charge in [0.25, 0.3) is 11.8 Å². The zero-order valence-electron chi connectivity index (χ0n) is 25.3. The third-order valence-corrected chi connectivity index (χ3v) is 7.53. The second-order valence-electron chi connectivity index (χ2n) is 12.4. The molecule has 0 spiro atoms. The van der Waals surface area contributed by atoms with E-state index >= 15 is 0 Å². The van der Waals surface area contributed by atoms with Gasteiger partial charge in [-0.25, -0.2) is 9.59 Å². The maximum Gasteiger partial charge on any atom is 0.424 e. The Hall–Kier alpha value is -3.89. The Morgan fingerprint density at radius 3 is 1.98 bits per heavy atom. The van der Waals surface area contributed by atoms with Gasteiger partial charge in [-0.3, -0.25) is 9.59 Å². The van der Waals surface area contributed by atoms with Gasteiger partial charge in [-0.2, -0.15) is 4.90 Å². The van der Waals surface area contributed by atoms with Crippen molar-refractivity contribution in [2.24, 2.45) is 0 Å². The van der Waals surface area contributed by atoms with Crippen molar-refractivity contribution < 1.29 is 28.7 Å². The Kier molecular flexibility index (Phi) is 9.22. The summed E-state index contributed by atoms with van der Waals surface area (Å²) < 4.78 is 11.1. The van der Waals surface area contributed by atoms with Crippen molar-refractivity contribution in [3.05, 3.63) is 69.6 Å². The quantitative estimate of drug-likeness (QED) is 0.285. The number of carbonyl (C=O) groups excluding carboxylic acids is 4. The smallest absolute Gasteiger partial charge is 0.424 e. The zero-order valence-corrected chi connectivity index (χ0v) is 26.9. The van der Waals surface area contributed by atoms with Gasteiger partial charge in [0.2, 0.25) is 0 Å². The highest BCUT2D eigenvalue weighted by Gasteiger charge is 2.36. The standard InChI is InChI=1S/C32H36ClN3O6S/c1-18-8-9-20(27(37)34-22-14-15-22)16-23(18)35-28(38)26-24(17-25(43-26)19-10-12-21(33)13-11-19)36(29(39)41-31(2,3)4)30(40)42-32(5,6)7/h8-13,16-17,22H,14-15H2,1-7H3,(H,34,37)(H,35,38). The summed E-state index contributed by atoms with van der Waals surface area (Å²) in [5.74, 6) is -0.805. The summed E-state index contributed by atoms with van der Waals surface area (Å²) in [7, 11) is 0. The van der Waals surface area contributed by atoms with Crippen LogP contribution < -0.4 is 15.5 Å². The van der Waals surface area contributed by atoms with Crippen molar-refractivity contribution in [3.63, 3.8) is 0 Å². The first-order chi connectivity index (χ1) is 20.0. The molecule has 3 aromatic rings. The average molecular weight is 626 g/mol. The van der Waals surface area contributed by atoms with E-state index in [-0.39, 0.29) is 22.5 Å². The minimum Gasteiger partial charge on any atom is -0.443 e. The van der Waals surface area contributed by atoms with Crippen molar-refractivity contribution in [1.82, 2.24) is 5.32 Å². The number of hydrogen-bond donors (Lipinski definition) is 2. The molecule has 1 saturated carbocycles. The van der Waals surface area contributed by atoms with Gasteiger partial charge in [-0.15, -0.1) is 11.3 Å². The number of halogens is 1. The highest BCUT2D eigenvalue weighted by Crippen LogP contribution is 2.39. The monoisotopic (exact) mass is 625 g/mol. The van der Waals surface area contributed by atoms with Crippen LogP contribution in [0.25, 0.3) is 10.4 Å². The lowest BCUT2D eigenvalue weighted by molar-refractivity contribution is 0.0430. The third-order valence-electron chi connectivity index (χ3n) is 6.10. The third kappa shape index (κ3) is 8.58. The fourth-order valence-corrected chi connectivity index (χ4v) is 5.10. The number of aryl methyl sites for hydroxylation is 1. The number of carbonyl (C=O) groups is 4. The Bertz CT molecular complexity index is 1520. The van der Waals surface area contributed by atoms with Crippen molar-refractivity contribution in [1.29, 1.82) is 0 Å². The topological polar surface area (TPSA) is 114 Å². The normalized spacial score (nSPS) is 13.2. The van der Waals surface area contributed by atoms with Crippen molar-refractivity contribution in [2.75, 3.05) is 10.2 Å². The molecule has 1 fully saturated rings. The molecular formula is C32H36ClN3O6S. The number of imide groups is 1. The van der Waals surface area contributed by atoms with E-state index in [0.29, 0.717) is 21.2 Å². The van der Waals surface area contributed by atoms with E-state index in [1.807, 2.05) is 0 Å². The predicted molar refractivity (Wildman–Crippen MR) is 169 cm³/mol. The van der Waals surface area contributed by atoms with E-state index in [1.165, 1.54) is 0 Å². The Balaban J connectivity index is 1.78. The summed E-state index contributed by atoms with van der Waals surface area (Å²) >= 11 is 7.18. The molecule has 0 unspecified atom stereocenters. The van der Waals surface area contributed by atoms with Crippen LogP contribution in [0, 0.1) is 6.92 Å². The highest BCUT2D eigenvalue weighted by atomic mass is 35.5. The second kappa shape index (κ2) is 12.4. The van der Waals surface area contributed by atoms with Gasteiger partial charge in [-0.1, -0.05) is 29.8 Å².